The van der Waals surface area contributed by atoms with Gasteiger partial charge >= 0.3 is 0 Å². The maximum Gasteiger partial charge on any atom is 0.251 e. The van der Waals surface area contributed by atoms with E-state index >= 15 is 0 Å². The molecule has 1 aliphatic carbocycles. The summed E-state index contributed by atoms with van der Waals surface area (Å²) in [5, 5.41) is 3.19. The zero-order chi connectivity index (χ0) is 14.7. The molecule has 1 saturated carbocycles. The summed E-state index contributed by atoms with van der Waals surface area (Å²) in [6, 6.07) is 8.65. The van der Waals surface area contributed by atoms with E-state index in [1.807, 2.05) is 24.3 Å². The molecule has 114 valence electrons. The number of hydrogen-bond donors (Lipinski definition) is 1. The van der Waals surface area contributed by atoms with Crippen molar-refractivity contribution in [2.45, 2.75) is 50.6 Å². The topological polar surface area (TPSA) is 32.3 Å². The fourth-order valence-corrected chi connectivity index (χ4v) is 3.98. The Hall–Kier alpha value is -0.870. The summed E-state index contributed by atoms with van der Waals surface area (Å²) in [5.41, 5.74) is 0.737. The van der Waals surface area contributed by atoms with Gasteiger partial charge in [-0.05, 0) is 37.5 Å². The standard InChI is InChI=1S/C17H23BrN2O/c18-14-6-4-5-13(11-14)17(21)19-15-9-10-20(12-15)16-7-2-1-3-8-16/h4-6,11,15-16H,1-3,7-10,12H2,(H,19,21). The highest BCUT2D eigenvalue weighted by Gasteiger charge is 2.29. The minimum atomic E-state index is 0.0480. The molecule has 1 aromatic carbocycles. The third-order valence-electron chi connectivity index (χ3n) is 4.73. The van der Waals surface area contributed by atoms with E-state index in [4.69, 9.17) is 0 Å². The molecule has 0 spiro atoms. The summed E-state index contributed by atoms with van der Waals surface area (Å²) in [6.45, 7) is 2.15. The van der Waals surface area contributed by atoms with Gasteiger partial charge in [-0.1, -0.05) is 41.3 Å². The maximum absolute atomic E-state index is 12.3. The quantitative estimate of drug-likeness (QED) is 0.903. The Labute approximate surface area is 135 Å². The zero-order valence-corrected chi connectivity index (χ0v) is 13.9. The second-order valence-corrected chi connectivity index (χ2v) is 7.17. The molecule has 1 unspecified atom stereocenters. The van der Waals surface area contributed by atoms with E-state index < -0.39 is 0 Å². The molecule has 0 bridgehead atoms. The Morgan fingerprint density at radius 2 is 2.00 bits per heavy atom. The first kappa shape index (κ1) is 15.0. The largest absolute Gasteiger partial charge is 0.348 e. The van der Waals surface area contributed by atoms with Crippen LogP contribution in [0, 0.1) is 0 Å². The van der Waals surface area contributed by atoms with Crippen LogP contribution >= 0.6 is 15.9 Å². The second-order valence-electron chi connectivity index (χ2n) is 6.26. The number of rotatable bonds is 3. The molecular weight excluding hydrogens is 328 g/mol. The van der Waals surface area contributed by atoms with Crippen molar-refractivity contribution in [1.82, 2.24) is 10.2 Å². The lowest BCUT2D eigenvalue weighted by Gasteiger charge is -2.31. The van der Waals surface area contributed by atoms with Crippen molar-refractivity contribution >= 4 is 21.8 Å². The number of hydrogen-bond acceptors (Lipinski definition) is 2. The van der Waals surface area contributed by atoms with Gasteiger partial charge in [0, 0.05) is 35.2 Å². The van der Waals surface area contributed by atoms with E-state index in [2.05, 4.69) is 26.1 Å². The van der Waals surface area contributed by atoms with Crippen LogP contribution in [0.2, 0.25) is 0 Å². The SMILES string of the molecule is O=C(NC1CCN(C2CCCCC2)C1)c1cccc(Br)c1. The molecule has 1 N–H and O–H groups in total. The van der Waals surface area contributed by atoms with Crippen LogP contribution in [0.5, 0.6) is 0 Å². The van der Waals surface area contributed by atoms with Crippen molar-refractivity contribution in [2.75, 3.05) is 13.1 Å². The number of benzene rings is 1. The van der Waals surface area contributed by atoms with Crippen molar-refractivity contribution in [3.05, 3.63) is 34.3 Å². The van der Waals surface area contributed by atoms with Crippen LogP contribution < -0.4 is 5.32 Å². The predicted octanol–water partition coefficient (Wildman–Crippen LogP) is 3.59. The molecule has 4 heteroatoms. The van der Waals surface area contributed by atoms with Gasteiger partial charge in [0.1, 0.15) is 0 Å². The molecule has 2 aliphatic rings. The zero-order valence-electron chi connectivity index (χ0n) is 12.4. The average Bonchev–Trinajstić information content (AvgIpc) is 2.97. The molecule has 1 aromatic rings. The van der Waals surface area contributed by atoms with Crippen LogP contribution in [0.15, 0.2) is 28.7 Å². The van der Waals surface area contributed by atoms with E-state index in [1.54, 1.807) is 0 Å². The van der Waals surface area contributed by atoms with Gasteiger partial charge in [-0.2, -0.15) is 0 Å². The molecule has 1 atom stereocenters. The number of nitrogens with zero attached hydrogens (tertiary/aromatic N) is 1. The lowest BCUT2D eigenvalue weighted by molar-refractivity contribution is 0.0934. The summed E-state index contributed by atoms with van der Waals surface area (Å²) >= 11 is 3.42. The van der Waals surface area contributed by atoms with Gasteiger partial charge in [0.05, 0.1) is 0 Å². The Kier molecular flexibility index (Phi) is 4.96. The summed E-state index contributed by atoms with van der Waals surface area (Å²) < 4.78 is 0.949. The molecule has 0 aromatic heterocycles. The fraction of sp³-hybridized carbons (Fsp3) is 0.588. The van der Waals surface area contributed by atoms with Crippen LogP contribution in [-0.2, 0) is 0 Å². The van der Waals surface area contributed by atoms with Crippen LogP contribution in [-0.4, -0.2) is 36.0 Å². The monoisotopic (exact) mass is 350 g/mol. The first-order valence-electron chi connectivity index (χ1n) is 8.03. The number of halogens is 1. The van der Waals surface area contributed by atoms with Crippen LogP contribution in [0.4, 0.5) is 0 Å². The minimum absolute atomic E-state index is 0.0480. The number of carbonyl (C=O) groups excluding carboxylic acids is 1. The first-order chi connectivity index (χ1) is 10.2. The van der Waals surface area contributed by atoms with Crippen LogP contribution in [0.1, 0.15) is 48.9 Å². The van der Waals surface area contributed by atoms with Crippen molar-refractivity contribution < 1.29 is 4.79 Å². The molecule has 1 saturated heterocycles. The highest BCUT2D eigenvalue weighted by Crippen LogP contribution is 2.25. The molecule has 1 amide bonds. The molecule has 0 radical (unpaired) electrons. The highest BCUT2D eigenvalue weighted by molar-refractivity contribution is 9.10. The van der Waals surface area contributed by atoms with Crippen molar-refractivity contribution in [3.8, 4) is 0 Å². The Bertz CT molecular complexity index is 499. The third-order valence-corrected chi connectivity index (χ3v) is 5.23. The molecule has 3 rings (SSSR count). The summed E-state index contributed by atoms with van der Waals surface area (Å²) in [6.07, 6.45) is 7.90. The van der Waals surface area contributed by atoms with Gasteiger partial charge < -0.3 is 5.32 Å². The second kappa shape index (κ2) is 6.93. The van der Waals surface area contributed by atoms with Gasteiger partial charge in [-0.15, -0.1) is 0 Å². The summed E-state index contributed by atoms with van der Waals surface area (Å²) in [7, 11) is 0. The van der Waals surface area contributed by atoms with Gasteiger partial charge in [-0.3, -0.25) is 9.69 Å². The Morgan fingerprint density at radius 1 is 1.19 bits per heavy atom. The van der Waals surface area contributed by atoms with E-state index in [0.717, 1.165) is 35.6 Å². The Morgan fingerprint density at radius 3 is 2.76 bits per heavy atom. The molecule has 1 heterocycles. The Balaban J connectivity index is 1.53. The highest BCUT2D eigenvalue weighted by atomic mass is 79.9. The van der Waals surface area contributed by atoms with Crippen LogP contribution in [0.3, 0.4) is 0 Å². The maximum atomic E-state index is 12.3. The molecule has 1 aliphatic heterocycles. The van der Waals surface area contributed by atoms with E-state index in [9.17, 15) is 4.79 Å². The average molecular weight is 351 g/mol. The van der Waals surface area contributed by atoms with Crippen molar-refractivity contribution in [1.29, 1.82) is 0 Å². The molecular formula is C17H23BrN2O. The van der Waals surface area contributed by atoms with Crippen molar-refractivity contribution in [3.63, 3.8) is 0 Å². The molecule has 21 heavy (non-hydrogen) atoms. The smallest absolute Gasteiger partial charge is 0.251 e. The molecule has 3 nitrogen and oxygen atoms in total. The van der Waals surface area contributed by atoms with Gasteiger partial charge in [0.2, 0.25) is 0 Å². The lowest BCUT2D eigenvalue weighted by Crippen LogP contribution is -2.40. The van der Waals surface area contributed by atoms with Crippen LogP contribution in [0.25, 0.3) is 0 Å². The minimum Gasteiger partial charge on any atom is -0.348 e. The number of nitrogens with one attached hydrogen (secondary N) is 1. The number of likely N-dealkylation sites (tertiary alicyclic amines) is 1. The third kappa shape index (κ3) is 3.86. The summed E-state index contributed by atoms with van der Waals surface area (Å²) in [5.74, 6) is 0.0480. The van der Waals surface area contributed by atoms with Crippen molar-refractivity contribution in [2.24, 2.45) is 0 Å². The number of carbonyl (C=O) groups is 1. The first-order valence-corrected chi connectivity index (χ1v) is 8.82. The van der Waals surface area contributed by atoms with Gasteiger partial charge in [0.15, 0.2) is 0 Å². The predicted molar refractivity (Wildman–Crippen MR) is 88.5 cm³/mol. The van der Waals surface area contributed by atoms with Gasteiger partial charge in [0.25, 0.3) is 5.91 Å². The van der Waals surface area contributed by atoms with Gasteiger partial charge in [-0.25, -0.2) is 0 Å². The fourth-order valence-electron chi connectivity index (χ4n) is 3.58. The van der Waals surface area contributed by atoms with E-state index in [1.165, 1.54) is 32.1 Å². The lowest BCUT2D eigenvalue weighted by atomic mass is 9.94. The normalized spacial score (nSPS) is 24.1. The summed E-state index contributed by atoms with van der Waals surface area (Å²) in [4.78, 5) is 14.9. The molecule has 2 fully saturated rings. The van der Waals surface area contributed by atoms with E-state index in [-0.39, 0.29) is 5.91 Å². The van der Waals surface area contributed by atoms with E-state index in [0.29, 0.717) is 6.04 Å². The number of amides is 1.